The molecule has 14 heavy (non-hydrogen) atoms. The van der Waals surface area contributed by atoms with Gasteiger partial charge >= 0.3 is 6.09 Å². The molecule has 1 N–H and O–H groups in total. The Balaban J connectivity index is 2.71. The average molecular weight is 204 g/mol. The number of carbonyl (C=O) groups is 2. The molecule has 6 heteroatoms. The Morgan fingerprint density at radius 1 is 1.50 bits per heavy atom. The first-order valence-corrected chi connectivity index (χ1v) is 4.25. The monoisotopic (exact) mass is 204 g/mol. The van der Waals surface area contributed by atoms with Crippen LogP contribution in [0.3, 0.4) is 0 Å². The molecule has 80 valence electrons. The van der Waals surface area contributed by atoms with E-state index in [1.54, 1.807) is 0 Å². The fourth-order valence-electron chi connectivity index (χ4n) is 1.51. The standard InChI is InChI=1S/C8H13FN2O3/c1-10(2)6(12)8(9)3-4-11(5-8)7(13)14/h3-5H2,1-2H3,(H,13,14). The third-order valence-electron chi connectivity index (χ3n) is 2.28. The smallest absolute Gasteiger partial charge is 0.407 e. The lowest BCUT2D eigenvalue weighted by Crippen LogP contribution is -2.45. The second-order valence-corrected chi connectivity index (χ2v) is 3.62. The molecule has 0 aliphatic carbocycles. The summed E-state index contributed by atoms with van der Waals surface area (Å²) in [6, 6.07) is 0. The molecule has 1 heterocycles. The Morgan fingerprint density at radius 2 is 2.07 bits per heavy atom. The summed E-state index contributed by atoms with van der Waals surface area (Å²) in [6.07, 6.45) is -1.24. The fourth-order valence-corrected chi connectivity index (χ4v) is 1.51. The van der Waals surface area contributed by atoms with Gasteiger partial charge in [0.1, 0.15) is 0 Å². The quantitative estimate of drug-likeness (QED) is 0.662. The van der Waals surface area contributed by atoms with E-state index in [0.717, 1.165) is 9.80 Å². The van der Waals surface area contributed by atoms with Crippen molar-refractivity contribution in [3.63, 3.8) is 0 Å². The topological polar surface area (TPSA) is 60.9 Å². The minimum absolute atomic E-state index is 0.0592. The van der Waals surface area contributed by atoms with Crippen LogP contribution in [0, 0.1) is 0 Å². The summed E-state index contributed by atoms with van der Waals surface area (Å²) in [6.45, 7) is -0.287. The first-order chi connectivity index (χ1) is 6.37. The fraction of sp³-hybridized carbons (Fsp3) is 0.750. The number of alkyl halides is 1. The molecule has 0 bridgehead atoms. The van der Waals surface area contributed by atoms with Crippen molar-refractivity contribution >= 4 is 12.0 Å². The average Bonchev–Trinajstić information content (AvgIpc) is 2.48. The van der Waals surface area contributed by atoms with E-state index in [-0.39, 0.29) is 19.5 Å². The van der Waals surface area contributed by atoms with Crippen LogP contribution in [0.1, 0.15) is 6.42 Å². The molecule has 5 nitrogen and oxygen atoms in total. The lowest BCUT2D eigenvalue weighted by atomic mass is 10.0. The van der Waals surface area contributed by atoms with Gasteiger partial charge in [-0.3, -0.25) is 4.79 Å². The van der Waals surface area contributed by atoms with Crippen molar-refractivity contribution in [2.45, 2.75) is 12.1 Å². The zero-order valence-electron chi connectivity index (χ0n) is 8.16. The van der Waals surface area contributed by atoms with Crippen LogP contribution in [0.15, 0.2) is 0 Å². The van der Waals surface area contributed by atoms with Crippen LogP contribution < -0.4 is 0 Å². The van der Waals surface area contributed by atoms with Gasteiger partial charge in [-0.1, -0.05) is 0 Å². The van der Waals surface area contributed by atoms with Gasteiger partial charge in [-0.15, -0.1) is 0 Å². The molecule has 1 atom stereocenters. The maximum Gasteiger partial charge on any atom is 0.407 e. The zero-order valence-corrected chi connectivity index (χ0v) is 8.16. The number of amides is 2. The summed E-state index contributed by atoms with van der Waals surface area (Å²) in [5.41, 5.74) is -2.04. The molecular formula is C8H13FN2O3. The van der Waals surface area contributed by atoms with Crippen molar-refractivity contribution in [3.8, 4) is 0 Å². The number of carbonyl (C=O) groups excluding carboxylic acids is 1. The van der Waals surface area contributed by atoms with Gasteiger partial charge in [0.15, 0.2) is 0 Å². The van der Waals surface area contributed by atoms with Crippen LogP contribution in [0.4, 0.5) is 9.18 Å². The summed E-state index contributed by atoms with van der Waals surface area (Å²) >= 11 is 0. The summed E-state index contributed by atoms with van der Waals surface area (Å²) in [7, 11) is 2.90. The van der Waals surface area contributed by atoms with Crippen LogP contribution in [0.5, 0.6) is 0 Å². The van der Waals surface area contributed by atoms with Gasteiger partial charge in [-0.2, -0.15) is 0 Å². The van der Waals surface area contributed by atoms with Crippen molar-refractivity contribution in [3.05, 3.63) is 0 Å². The van der Waals surface area contributed by atoms with Gasteiger partial charge in [0.25, 0.3) is 5.91 Å². The molecule has 0 aromatic rings. The summed E-state index contributed by atoms with van der Waals surface area (Å²) in [5, 5.41) is 8.60. The number of likely N-dealkylation sites (tertiary alicyclic amines) is 1. The number of nitrogens with zero attached hydrogens (tertiary/aromatic N) is 2. The third-order valence-corrected chi connectivity index (χ3v) is 2.28. The number of rotatable bonds is 1. The Bertz CT molecular complexity index is 269. The molecule has 0 spiro atoms. The van der Waals surface area contributed by atoms with E-state index in [1.165, 1.54) is 14.1 Å². The van der Waals surface area contributed by atoms with Gasteiger partial charge in [-0.05, 0) is 0 Å². The van der Waals surface area contributed by atoms with Gasteiger partial charge in [0, 0.05) is 27.1 Å². The Hall–Kier alpha value is -1.33. The molecule has 0 radical (unpaired) electrons. The number of hydrogen-bond donors (Lipinski definition) is 1. The highest BCUT2D eigenvalue weighted by Gasteiger charge is 2.47. The Morgan fingerprint density at radius 3 is 2.43 bits per heavy atom. The molecule has 1 fully saturated rings. The first kappa shape index (κ1) is 10.7. The van der Waals surface area contributed by atoms with E-state index in [1.807, 2.05) is 0 Å². The van der Waals surface area contributed by atoms with Crippen molar-refractivity contribution in [2.24, 2.45) is 0 Å². The maximum absolute atomic E-state index is 13.9. The molecule has 1 unspecified atom stereocenters. The molecule has 2 amide bonds. The molecule has 1 aliphatic rings. The lowest BCUT2D eigenvalue weighted by molar-refractivity contribution is -0.140. The van der Waals surface area contributed by atoms with Crippen LogP contribution in [-0.4, -0.2) is 59.8 Å². The SMILES string of the molecule is CN(C)C(=O)C1(F)CCN(C(=O)O)C1. The maximum atomic E-state index is 13.9. The normalized spacial score (nSPS) is 26.4. The van der Waals surface area contributed by atoms with Crippen LogP contribution in [0.2, 0.25) is 0 Å². The van der Waals surface area contributed by atoms with Crippen molar-refractivity contribution in [2.75, 3.05) is 27.2 Å². The predicted octanol–water partition coefficient (Wildman–Crippen LogP) is 0.167. The van der Waals surface area contributed by atoms with Gasteiger partial charge in [0.05, 0.1) is 6.54 Å². The van der Waals surface area contributed by atoms with Crippen molar-refractivity contribution < 1.29 is 19.1 Å². The van der Waals surface area contributed by atoms with Crippen LogP contribution in [0.25, 0.3) is 0 Å². The van der Waals surface area contributed by atoms with Crippen molar-refractivity contribution in [1.29, 1.82) is 0 Å². The number of carboxylic acid groups (broad SMARTS) is 1. The Labute approximate surface area is 81.1 Å². The number of halogens is 1. The van der Waals surface area contributed by atoms with Gasteiger partial charge in [0.2, 0.25) is 5.67 Å². The lowest BCUT2D eigenvalue weighted by Gasteiger charge is -2.22. The molecule has 1 aliphatic heterocycles. The van der Waals surface area contributed by atoms with E-state index in [0.29, 0.717) is 0 Å². The minimum atomic E-state index is -2.04. The highest BCUT2D eigenvalue weighted by Crippen LogP contribution is 2.27. The van der Waals surface area contributed by atoms with Gasteiger partial charge in [-0.25, -0.2) is 9.18 Å². The first-order valence-electron chi connectivity index (χ1n) is 4.25. The second-order valence-electron chi connectivity index (χ2n) is 3.62. The molecular weight excluding hydrogens is 191 g/mol. The Kier molecular flexibility index (Phi) is 2.64. The summed E-state index contributed by atoms with van der Waals surface area (Å²) in [4.78, 5) is 23.9. The summed E-state index contributed by atoms with van der Waals surface area (Å²) < 4.78 is 13.9. The molecule has 0 aromatic heterocycles. The summed E-state index contributed by atoms with van der Waals surface area (Å²) in [5.74, 6) is -0.666. The highest BCUT2D eigenvalue weighted by atomic mass is 19.1. The van der Waals surface area contributed by atoms with Crippen LogP contribution in [-0.2, 0) is 4.79 Å². The van der Waals surface area contributed by atoms with E-state index in [2.05, 4.69) is 0 Å². The largest absolute Gasteiger partial charge is 0.465 e. The molecule has 1 rings (SSSR count). The zero-order chi connectivity index (χ0) is 10.9. The van der Waals surface area contributed by atoms with E-state index in [4.69, 9.17) is 5.11 Å². The number of hydrogen-bond acceptors (Lipinski definition) is 2. The molecule has 1 saturated heterocycles. The van der Waals surface area contributed by atoms with E-state index in [9.17, 15) is 14.0 Å². The van der Waals surface area contributed by atoms with E-state index >= 15 is 0 Å². The minimum Gasteiger partial charge on any atom is -0.465 e. The van der Waals surface area contributed by atoms with E-state index < -0.39 is 17.7 Å². The molecule has 0 saturated carbocycles. The van der Waals surface area contributed by atoms with Crippen molar-refractivity contribution in [1.82, 2.24) is 9.80 Å². The van der Waals surface area contributed by atoms with Crippen LogP contribution >= 0.6 is 0 Å². The molecule has 0 aromatic carbocycles. The highest BCUT2D eigenvalue weighted by molar-refractivity contribution is 5.86. The predicted molar refractivity (Wildman–Crippen MR) is 46.7 cm³/mol. The van der Waals surface area contributed by atoms with Gasteiger partial charge < -0.3 is 14.9 Å². The third kappa shape index (κ3) is 1.78. The second kappa shape index (κ2) is 3.43.